The van der Waals surface area contributed by atoms with E-state index < -0.39 is 0 Å². The Morgan fingerprint density at radius 1 is 0.918 bits per heavy atom. The highest BCUT2D eigenvalue weighted by Crippen LogP contribution is 2.34. The number of nitrogens with one attached hydrogen (secondary N) is 2. The minimum atomic E-state index is -0.221. The van der Waals surface area contributed by atoms with E-state index in [0.29, 0.717) is 38.9 Å². The summed E-state index contributed by atoms with van der Waals surface area (Å²) < 4.78 is 1.71. The Hall–Kier alpha value is -3.36. The lowest BCUT2D eigenvalue weighted by molar-refractivity contribution is -0.137. The molecule has 2 amide bonds. The fourth-order valence-electron chi connectivity index (χ4n) is 7.57. The number of carbonyl (C=O) groups excluding carboxylic acids is 2. The third-order valence-corrected chi connectivity index (χ3v) is 10.9. The number of aryl methyl sites for hydroxylation is 1. The molecule has 49 heavy (non-hydrogen) atoms. The van der Waals surface area contributed by atoms with E-state index in [1.54, 1.807) is 22.9 Å². The maximum Gasteiger partial charge on any atom is 0.272 e. The largest absolute Gasteiger partial charge is 0.348 e. The predicted molar refractivity (Wildman–Crippen MR) is 199 cm³/mol. The molecule has 1 saturated heterocycles. The Labute approximate surface area is 304 Å². The van der Waals surface area contributed by atoms with Gasteiger partial charge in [0.15, 0.2) is 5.69 Å². The smallest absolute Gasteiger partial charge is 0.272 e. The number of benzene rings is 3. The van der Waals surface area contributed by atoms with E-state index in [9.17, 15) is 9.59 Å². The van der Waals surface area contributed by atoms with E-state index in [4.69, 9.17) is 39.9 Å². The van der Waals surface area contributed by atoms with E-state index in [0.717, 1.165) is 74.7 Å². The molecule has 0 radical (unpaired) electrons. The predicted octanol–water partition coefficient (Wildman–Crippen LogP) is 8.84. The van der Waals surface area contributed by atoms with Gasteiger partial charge >= 0.3 is 0 Å². The summed E-state index contributed by atoms with van der Waals surface area (Å²) in [6.45, 7) is 4.80. The van der Waals surface area contributed by atoms with E-state index in [-0.39, 0.29) is 29.9 Å². The molecule has 6 rings (SSSR count). The van der Waals surface area contributed by atoms with Gasteiger partial charge in [-0.15, -0.1) is 0 Å². The molecule has 2 atom stereocenters. The molecule has 2 aliphatic rings. The van der Waals surface area contributed by atoms with Gasteiger partial charge in [0.25, 0.3) is 5.91 Å². The molecule has 2 N–H and O–H groups in total. The Bertz CT molecular complexity index is 1750. The van der Waals surface area contributed by atoms with Crippen molar-refractivity contribution in [3.63, 3.8) is 0 Å². The zero-order valence-electron chi connectivity index (χ0n) is 28.1. The topological polar surface area (TPSA) is 79.3 Å². The first-order chi connectivity index (χ1) is 23.7. The molecule has 1 aliphatic heterocycles. The van der Waals surface area contributed by atoms with Crippen LogP contribution in [0.2, 0.25) is 15.1 Å². The zero-order chi connectivity index (χ0) is 34.5. The quantitative estimate of drug-likeness (QED) is 0.172. The van der Waals surface area contributed by atoms with Crippen LogP contribution >= 0.6 is 34.8 Å². The monoisotopic (exact) mass is 719 g/mol. The van der Waals surface area contributed by atoms with Gasteiger partial charge < -0.3 is 15.5 Å². The van der Waals surface area contributed by atoms with Crippen LogP contribution in [0.25, 0.3) is 16.9 Å². The number of nitrogens with zero attached hydrogens (tertiary/aromatic N) is 3. The molecule has 1 saturated carbocycles. The van der Waals surface area contributed by atoms with E-state index in [1.165, 1.54) is 5.56 Å². The number of halogens is 3. The molecule has 2 heterocycles. The van der Waals surface area contributed by atoms with Gasteiger partial charge in [-0.25, -0.2) is 4.68 Å². The summed E-state index contributed by atoms with van der Waals surface area (Å²) in [4.78, 5) is 29.5. The van der Waals surface area contributed by atoms with Crippen molar-refractivity contribution in [2.24, 2.45) is 0 Å². The maximum absolute atomic E-state index is 13.8. The zero-order valence-corrected chi connectivity index (χ0v) is 30.4. The molecule has 10 heteroatoms. The SMILES string of the molecule is CCC(=O)N(C1CCC(NC(=O)c2nn(-c3ccc(Cl)cc3Cl)c(-c3ccc(Cl)cc3)c2C)CC1)C1CCNC(CCc2ccccc2)C1. The highest BCUT2D eigenvalue weighted by molar-refractivity contribution is 6.35. The molecule has 7 nitrogen and oxygen atoms in total. The standard InChI is InChI=1S/C39H44Cl3N5O2/c1-3-36(48)46(33-21-22-43-31(24-33)15-9-26-7-5-4-6-8-26)32-18-16-30(17-19-32)44-39(49)37-25(2)38(27-10-12-28(40)13-11-27)47(45-37)35-20-14-29(41)23-34(35)42/h4-8,10-14,20,23,30-33,43H,3,9,15-19,21-22,24H2,1-2H3,(H,44,49). The summed E-state index contributed by atoms with van der Waals surface area (Å²) in [6, 6.07) is 24.1. The lowest BCUT2D eigenvalue weighted by atomic mass is 9.86. The average molecular weight is 721 g/mol. The Kier molecular flexibility index (Phi) is 11.7. The average Bonchev–Trinajstić information content (AvgIpc) is 3.45. The molecule has 2 unspecified atom stereocenters. The molecule has 0 spiro atoms. The van der Waals surface area contributed by atoms with Crippen LogP contribution in [0.5, 0.6) is 0 Å². The third-order valence-electron chi connectivity index (χ3n) is 10.1. The van der Waals surface area contributed by atoms with Crippen molar-refractivity contribution in [2.75, 3.05) is 6.54 Å². The summed E-state index contributed by atoms with van der Waals surface area (Å²) in [7, 11) is 0. The molecule has 1 aliphatic carbocycles. The van der Waals surface area contributed by atoms with Crippen LogP contribution in [-0.2, 0) is 11.2 Å². The van der Waals surface area contributed by atoms with Crippen molar-refractivity contribution in [3.05, 3.63) is 105 Å². The van der Waals surface area contributed by atoms with Gasteiger partial charge in [0.2, 0.25) is 5.91 Å². The van der Waals surface area contributed by atoms with Gasteiger partial charge in [0.05, 0.1) is 16.4 Å². The third kappa shape index (κ3) is 8.34. The molecule has 0 bridgehead atoms. The van der Waals surface area contributed by atoms with Crippen LogP contribution in [0, 0.1) is 6.92 Å². The Morgan fingerprint density at radius 2 is 1.63 bits per heavy atom. The van der Waals surface area contributed by atoms with Crippen LogP contribution in [0.3, 0.4) is 0 Å². The molecule has 258 valence electrons. The minimum absolute atomic E-state index is 0.00313. The van der Waals surface area contributed by atoms with Gasteiger partial charge in [-0.05, 0) is 101 Å². The number of aromatic nitrogens is 2. The van der Waals surface area contributed by atoms with Crippen LogP contribution in [0.15, 0.2) is 72.8 Å². The van der Waals surface area contributed by atoms with Gasteiger partial charge in [0.1, 0.15) is 0 Å². The molecule has 3 aromatic carbocycles. The number of piperidine rings is 1. The number of hydrogen-bond donors (Lipinski definition) is 2. The van der Waals surface area contributed by atoms with Crippen LogP contribution in [0.4, 0.5) is 0 Å². The number of carbonyl (C=O) groups is 2. The summed E-state index contributed by atoms with van der Waals surface area (Å²) in [5.41, 5.74) is 4.68. The van der Waals surface area contributed by atoms with Gasteiger partial charge in [-0.1, -0.05) is 84.2 Å². The summed E-state index contributed by atoms with van der Waals surface area (Å²) >= 11 is 19.0. The molecule has 4 aromatic rings. The first kappa shape index (κ1) is 35.5. The van der Waals surface area contributed by atoms with Crippen molar-refractivity contribution in [1.82, 2.24) is 25.3 Å². The second-order valence-corrected chi connectivity index (χ2v) is 14.6. The van der Waals surface area contributed by atoms with Crippen molar-refractivity contribution in [3.8, 4) is 16.9 Å². The first-order valence-corrected chi connectivity index (χ1v) is 18.6. The van der Waals surface area contributed by atoms with Crippen molar-refractivity contribution < 1.29 is 9.59 Å². The number of hydrogen-bond acceptors (Lipinski definition) is 4. The molecule has 2 fully saturated rings. The van der Waals surface area contributed by atoms with Gasteiger partial charge in [0, 0.05) is 51.8 Å². The Balaban J connectivity index is 1.13. The Morgan fingerprint density at radius 3 is 2.33 bits per heavy atom. The second kappa shape index (κ2) is 16.1. The van der Waals surface area contributed by atoms with Crippen molar-refractivity contribution >= 4 is 46.6 Å². The summed E-state index contributed by atoms with van der Waals surface area (Å²) in [5.74, 6) is 0.0130. The number of amides is 2. The van der Waals surface area contributed by atoms with E-state index in [1.807, 2.05) is 38.1 Å². The van der Waals surface area contributed by atoms with Crippen molar-refractivity contribution in [1.29, 1.82) is 0 Å². The van der Waals surface area contributed by atoms with E-state index >= 15 is 0 Å². The molecular formula is C39H44Cl3N5O2. The molecular weight excluding hydrogens is 677 g/mol. The second-order valence-electron chi connectivity index (χ2n) is 13.3. The van der Waals surface area contributed by atoms with Gasteiger partial charge in [-0.3, -0.25) is 9.59 Å². The highest BCUT2D eigenvalue weighted by atomic mass is 35.5. The maximum atomic E-state index is 13.8. The van der Waals surface area contributed by atoms with Crippen LogP contribution in [-0.4, -0.2) is 57.2 Å². The lowest BCUT2D eigenvalue weighted by Gasteiger charge is -2.44. The normalized spacial score (nSPS) is 20.9. The fraction of sp³-hybridized carbons (Fsp3) is 0.410. The summed E-state index contributed by atoms with van der Waals surface area (Å²) in [5, 5.41) is 13.3. The first-order valence-electron chi connectivity index (χ1n) is 17.4. The fourth-order valence-corrected chi connectivity index (χ4v) is 8.18. The van der Waals surface area contributed by atoms with Crippen molar-refractivity contribution in [2.45, 2.75) is 95.8 Å². The van der Waals surface area contributed by atoms with Crippen LogP contribution < -0.4 is 10.6 Å². The number of rotatable bonds is 10. The van der Waals surface area contributed by atoms with E-state index in [2.05, 4.69) is 45.9 Å². The van der Waals surface area contributed by atoms with Crippen LogP contribution in [0.1, 0.15) is 79.9 Å². The van der Waals surface area contributed by atoms with Gasteiger partial charge in [-0.2, -0.15) is 5.10 Å². The molecule has 1 aromatic heterocycles. The summed E-state index contributed by atoms with van der Waals surface area (Å²) in [6.07, 6.45) is 7.88. The highest BCUT2D eigenvalue weighted by Gasteiger charge is 2.36. The minimum Gasteiger partial charge on any atom is -0.348 e. The lowest BCUT2D eigenvalue weighted by Crippen LogP contribution is -2.55.